The average molecular weight is 327 g/mol. The van der Waals surface area contributed by atoms with Gasteiger partial charge in [-0.1, -0.05) is 48.5 Å². The topological polar surface area (TPSA) is 8.81 Å². The van der Waals surface area contributed by atoms with Gasteiger partial charge in [0.15, 0.2) is 11.0 Å². The summed E-state index contributed by atoms with van der Waals surface area (Å²) in [5.74, 6) is 1.23. The number of hydrogen-bond donors (Lipinski definition) is 0. The van der Waals surface area contributed by atoms with Gasteiger partial charge in [0.2, 0.25) is 0 Å². The maximum atomic E-state index is 2.29. The highest BCUT2D eigenvalue weighted by Gasteiger charge is 2.23. The van der Waals surface area contributed by atoms with Crippen LogP contribution in [0.15, 0.2) is 66.7 Å². The molecule has 3 aromatic carbocycles. The molecule has 0 bridgehead atoms. The Balaban J connectivity index is 2.00. The first-order valence-electron chi connectivity index (χ1n) is 8.69. The summed E-state index contributed by atoms with van der Waals surface area (Å²) in [7, 11) is 4.30. The summed E-state index contributed by atoms with van der Waals surface area (Å²) >= 11 is 0. The van der Waals surface area contributed by atoms with Crippen molar-refractivity contribution < 1.29 is 4.57 Å². The summed E-state index contributed by atoms with van der Waals surface area (Å²) in [4.78, 5) is 0. The molecule has 0 aliphatic rings. The highest BCUT2D eigenvalue weighted by molar-refractivity contribution is 5.80. The fourth-order valence-corrected chi connectivity index (χ4v) is 3.89. The minimum absolute atomic E-state index is 1.23. The quantitative estimate of drug-likeness (QED) is 0.460. The molecule has 4 aromatic rings. The van der Waals surface area contributed by atoms with Crippen molar-refractivity contribution >= 4 is 11.0 Å². The van der Waals surface area contributed by atoms with Crippen LogP contribution in [0.3, 0.4) is 0 Å². The molecule has 1 heterocycles. The van der Waals surface area contributed by atoms with Crippen molar-refractivity contribution in [3.05, 3.63) is 77.9 Å². The first kappa shape index (κ1) is 15.6. The van der Waals surface area contributed by atoms with Gasteiger partial charge in [0.1, 0.15) is 0 Å². The van der Waals surface area contributed by atoms with Gasteiger partial charge in [0, 0.05) is 0 Å². The van der Waals surface area contributed by atoms with Crippen LogP contribution in [0, 0.1) is 13.8 Å². The zero-order chi connectivity index (χ0) is 17.6. The molecular weight excluding hydrogens is 304 g/mol. The number of imidazole rings is 1. The Kier molecular flexibility index (Phi) is 3.69. The number of fused-ring (bicyclic) bond motifs is 1. The zero-order valence-corrected chi connectivity index (χ0v) is 15.2. The van der Waals surface area contributed by atoms with E-state index >= 15 is 0 Å². The van der Waals surface area contributed by atoms with Gasteiger partial charge >= 0.3 is 0 Å². The van der Waals surface area contributed by atoms with E-state index in [1.807, 2.05) is 0 Å². The lowest BCUT2D eigenvalue weighted by Gasteiger charge is -2.12. The van der Waals surface area contributed by atoms with E-state index < -0.39 is 0 Å². The molecule has 0 saturated carbocycles. The smallest absolute Gasteiger partial charge is 0.226 e. The van der Waals surface area contributed by atoms with Crippen molar-refractivity contribution in [3.63, 3.8) is 0 Å². The third-order valence-electron chi connectivity index (χ3n) is 5.25. The Morgan fingerprint density at radius 3 is 2.12 bits per heavy atom. The van der Waals surface area contributed by atoms with E-state index in [9.17, 15) is 0 Å². The highest BCUT2D eigenvalue weighted by Crippen LogP contribution is 2.33. The number of hydrogen-bond acceptors (Lipinski definition) is 0. The predicted octanol–water partition coefficient (Wildman–Crippen LogP) is 4.95. The lowest BCUT2D eigenvalue weighted by atomic mass is 9.93. The maximum absolute atomic E-state index is 2.29. The molecule has 1 aromatic heterocycles. The van der Waals surface area contributed by atoms with Crippen molar-refractivity contribution in [2.45, 2.75) is 13.8 Å². The Hall–Kier alpha value is -2.87. The molecule has 0 saturated heterocycles. The van der Waals surface area contributed by atoms with E-state index in [1.54, 1.807) is 0 Å². The summed E-state index contributed by atoms with van der Waals surface area (Å²) in [5.41, 5.74) is 9.02. The van der Waals surface area contributed by atoms with Crippen LogP contribution in [0.25, 0.3) is 33.5 Å². The molecular formula is C23H23N2+. The van der Waals surface area contributed by atoms with Crippen molar-refractivity contribution in [1.82, 2.24) is 4.57 Å². The van der Waals surface area contributed by atoms with Crippen LogP contribution < -0.4 is 4.57 Å². The Bertz CT molecular complexity index is 1050. The van der Waals surface area contributed by atoms with Gasteiger partial charge < -0.3 is 0 Å². The van der Waals surface area contributed by atoms with Gasteiger partial charge in [-0.2, -0.15) is 0 Å². The van der Waals surface area contributed by atoms with E-state index in [1.165, 1.54) is 44.7 Å². The predicted molar refractivity (Wildman–Crippen MR) is 104 cm³/mol. The molecule has 0 radical (unpaired) electrons. The van der Waals surface area contributed by atoms with Crippen LogP contribution in [-0.4, -0.2) is 4.57 Å². The molecule has 2 heteroatoms. The molecule has 0 spiro atoms. The molecule has 0 unspecified atom stereocenters. The van der Waals surface area contributed by atoms with Crippen LogP contribution in [-0.2, 0) is 14.1 Å². The van der Waals surface area contributed by atoms with Crippen molar-refractivity contribution in [3.8, 4) is 22.5 Å². The Morgan fingerprint density at radius 1 is 0.720 bits per heavy atom. The summed E-state index contributed by atoms with van der Waals surface area (Å²) in [6.07, 6.45) is 0. The van der Waals surface area contributed by atoms with Gasteiger partial charge in [-0.05, 0) is 54.3 Å². The minimum Gasteiger partial charge on any atom is -0.226 e. The Labute approximate surface area is 149 Å². The minimum atomic E-state index is 1.23. The molecule has 2 nitrogen and oxygen atoms in total. The van der Waals surface area contributed by atoms with Gasteiger partial charge in [-0.15, -0.1) is 0 Å². The first-order valence-corrected chi connectivity index (χ1v) is 8.69. The van der Waals surface area contributed by atoms with E-state index in [-0.39, 0.29) is 0 Å². The van der Waals surface area contributed by atoms with Crippen molar-refractivity contribution in [2.24, 2.45) is 14.1 Å². The second-order valence-electron chi connectivity index (χ2n) is 6.72. The number of aromatic nitrogens is 2. The molecule has 25 heavy (non-hydrogen) atoms. The Morgan fingerprint density at radius 2 is 1.36 bits per heavy atom. The molecule has 0 fully saturated rings. The zero-order valence-electron chi connectivity index (χ0n) is 15.2. The van der Waals surface area contributed by atoms with Gasteiger partial charge in [0.05, 0.1) is 19.7 Å². The lowest BCUT2D eigenvalue weighted by molar-refractivity contribution is -0.634. The molecule has 0 aliphatic carbocycles. The average Bonchev–Trinajstić information content (AvgIpc) is 2.88. The van der Waals surface area contributed by atoms with Crippen LogP contribution in [0.5, 0.6) is 0 Å². The van der Waals surface area contributed by atoms with E-state index in [0.717, 1.165) is 0 Å². The summed E-state index contributed by atoms with van der Waals surface area (Å²) < 4.78 is 4.58. The molecule has 0 N–H and O–H groups in total. The van der Waals surface area contributed by atoms with Crippen LogP contribution in [0.1, 0.15) is 11.1 Å². The third-order valence-corrected chi connectivity index (χ3v) is 5.25. The molecule has 0 atom stereocenters. The number of benzene rings is 3. The molecule has 0 aliphatic heterocycles. The summed E-state index contributed by atoms with van der Waals surface area (Å²) in [5, 5.41) is 0. The summed E-state index contributed by atoms with van der Waals surface area (Å²) in [6, 6.07) is 23.8. The van der Waals surface area contributed by atoms with E-state index in [2.05, 4.69) is 104 Å². The second-order valence-corrected chi connectivity index (χ2v) is 6.72. The standard InChI is InChI=1S/C23H23N2/c1-16-10-5-6-11-18(16)19-12-9-13-20(17(19)2)23-24(3)21-14-7-8-15-22(21)25(23)4/h5-15H,1-4H3/q+1. The van der Waals surface area contributed by atoms with E-state index in [4.69, 9.17) is 0 Å². The number of rotatable bonds is 2. The first-order chi connectivity index (χ1) is 12.1. The fraction of sp³-hybridized carbons (Fsp3) is 0.174. The van der Waals surface area contributed by atoms with Crippen LogP contribution in [0.4, 0.5) is 0 Å². The van der Waals surface area contributed by atoms with Crippen LogP contribution in [0.2, 0.25) is 0 Å². The SMILES string of the molecule is Cc1ccccc1-c1cccc(-c2n(C)c3ccccc3[n+]2C)c1C. The maximum Gasteiger partial charge on any atom is 0.289 e. The number of para-hydroxylation sites is 2. The lowest BCUT2D eigenvalue weighted by Crippen LogP contribution is -2.30. The molecule has 4 rings (SSSR count). The monoisotopic (exact) mass is 327 g/mol. The summed E-state index contributed by atoms with van der Waals surface area (Å²) in [6.45, 7) is 4.41. The second kappa shape index (κ2) is 5.89. The van der Waals surface area contributed by atoms with Crippen molar-refractivity contribution in [1.29, 1.82) is 0 Å². The number of nitrogens with zero attached hydrogens (tertiary/aromatic N) is 2. The normalized spacial score (nSPS) is 11.2. The largest absolute Gasteiger partial charge is 0.289 e. The van der Waals surface area contributed by atoms with Gasteiger partial charge in [-0.3, -0.25) is 0 Å². The van der Waals surface area contributed by atoms with Gasteiger partial charge in [-0.25, -0.2) is 9.13 Å². The van der Waals surface area contributed by atoms with Crippen molar-refractivity contribution in [2.75, 3.05) is 0 Å². The highest BCUT2D eigenvalue weighted by atomic mass is 15.1. The third kappa shape index (κ3) is 2.37. The van der Waals surface area contributed by atoms with E-state index in [0.29, 0.717) is 0 Å². The van der Waals surface area contributed by atoms with Gasteiger partial charge in [0.25, 0.3) is 5.82 Å². The number of aryl methyl sites for hydroxylation is 3. The molecule has 0 amide bonds. The molecule has 124 valence electrons. The van der Waals surface area contributed by atoms with Crippen LogP contribution >= 0.6 is 0 Å². The fourth-order valence-electron chi connectivity index (χ4n) is 3.89.